The summed E-state index contributed by atoms with van der Waals surface area (Å²) in [4.78, 5) is 10.5. The van der Waals surface area contributed by atoms with Crippen LogP contribution in [0.4, 0.5) is 0 Å². The Morgan fingerprint density at radius 2 is 1.05 bits per heavy atom. The van der Waals surface area contributed by atoms with Crippen LogP contribution in [0.2, 0.25) is 0 Å². The van der Waals surface area contributed by atoms with Crippen LogP contribution in [0.15, 0.2) is 219 Å². The maximum absolute atomic E-state index is 6.91. The molecule has 1 aliphatic rings. The third-order valence-corrected chi connectivity index (χ3v) is 12.5. The number of rotatable bonds is 5. The monoisotopic (exact) mass is 793 g/mol. The number of hydrogen-bond donors (Lipinski definition) is 1. The molecule has 1 unspecified atom stereocenters. The third kappa shape index (κ3) is 5.56. The van der Waals surface area contributed by atoms with Crippen LogP contribution in [0, 0.1) is 0 Å². The molecule has 2 aromatic heterocycles. The van der Waals surface area contributed by atoms with Crippen LogP contribution in [0.5, 0.6) is 0 Å². The molecule has 290 valence electrons. The van der Waals surface area contributed by atoms with Crippen molar-refractivity contribution in [3.05, 3.63) is 217 Å². The van der Waals surface area contributed by atoms with E-state index in [4.69, 9.17) is 18.8 Å². The van der Waals surface area contributed by atoms with Crippen molar-refractivity contribution in [2.75, 3.05) is 0 Å². The molecule has 0 saturated carbocycles. The Hall–Kier alpha value is -8.28. The second-order valence-corrected chi connectivity index (χ2v) is 16.1. The van der Waals surface area contributed by atoms with Gasteiger partial charge in [-0.2, -0.15) is 0 Å². The third-order valence-electron chi connectivity index (χ3n) is 12.5. The Bertz CT molecular complexity index is 3850. The highest BCUT2D eigenvalue weighted by Crippen LogP contribution is 2.44. The highest BCUT2D eigenvalue weighted by molar-refractivity contribution is 6.20. The van der Waals surface area contributed by atoms with Gasteiger partial charge in [0, 0.05) is 38.2 Å². The van der Waals surface area contributed by atoms with Crippen LogP contribution < -0.4 is 5.32 Å². The van der Waals surface area contributed by atoms with E-state index in [0.29, 0.717) is 5.84 Å². The molecule has 0 spiro atoms. The van der Waals surface area contributed by atoms with Gasteiger partial charge in [-0.3, -0.25) is 0 Å². The summed E-state index contributed by atoms with van der Waals surface area (Å²) in [7, 11) is 0. The van der Waals surface area contributed by atoms with Crippen LogP contribution in [0.3, 0.4) is 0 Å². The Morgan fingerprint density at radius 1 is 0.387 bits per heavy atom. The van der Waals surface area contributed by atoms with Crippen molar-refractivity contribution in [2.45, 2.75) is 6.17 Å². The van der Waals surface area contributed by atoms with Crippen molar-refractivity contribution < 1.29 is 8.83 Å². The average molecular weight is 794 g/mol. The molecule has 0 radical (unpaired) electrons. The van der Waals surface area contributed by atoms with Gasteiger partial charge in [-0.05, 0) is 97.0 Å². The van der Waals surface area contributed by atoms with Gasteiger partial charge in [-0.1, -0.05) is 158 Å². The molecule has 0 saturated heterocycles. The SMILES string of the molecule is c1ccc2cc(C3=NC(c4ccc5oc6ccccc6c5c4)NC(c4ccc(-c5ccc(-c6cccc7ccccc67)c6oc7cc8ccccc8cc7c56)cc4)=N3)ccc2c1. The molecule has 5 nitrogen and oxygen atoms in total. The van der Waals surface area contributed by atoms with Gasteiger partial charge < -0.3 is 14.2 Å². The summed E-state index contributed by atoms with van der Waals surface area (Å²) >= 11 is 0. The number of aliphatic imine (C=N–C) groups is 2. The van der Waals surface area contributed by atoms with Crippen LogP contribution in [0.1, 0.15) is 22.9 Å². The molecule has 12 aromatic rings. The van der Waals surface area contributed by atoms with Crippen molar-refractivity contribution in [1.29, 1.82) is 0 Å². The van der Waals surface area contributed by atoms with E-state index in [9.17, 15) is 0 Å². The fraction of sp³-hybridized carbons (Fsp3) is 0.0175. The second-order valence-electron chi connectivity index (χ2n) is 16.1. The number of nitrogens with one attached hydrogen (secondary N) is 1. The number of amidine groups is 2. The van der Waals surface area contributed by atoms with Gasteiger partial charge in [0.25, 0.3) is 0 Å². The molecule has 1 atom stereocenters. The van der Waals surface area contributed by atoms with Crippen molar-refractivity contribution in [3.63, 3.8) is 0 Å². The van der Waals surface area contributed by atoms with Crippen molar-refractivity contribution in [3.8, 4) is 22.3 Å². The summed E-state index contributed by atoms with van der Waals surface area (Å²) < 4.78 is 13.1. The molecular formula is C57H35N3O2. The van der Waals surface area contributed by atoms with E-state index in [1.807, 2.05) is 18.2 Å². The minimum atomic E-state index is -0.380. The molecule has 0 bridgehead atoms. The average Bonchev–Trinajstić information content (AvgIpc) is 3.90. The minimum Gasteiger partial charge on any atom is -0.456 e. The zero-order valence-corrected chi connectivity index (χ0v) is 33.3. The first-order valence-corrected chi connectivity index (χ1v) is 21.0. The summed E-state index contributed by atoms with van der Waals surface area (Å²) in [5, 5.41) is 15.1. The van der Waals surface area contributed by atoms with Crippen LogP contribution in [0.25, 0.3) is 98.4 Å². The van der Waals surface area contributed by atoms with Gasteiger partial charge >= 0.3 is 0 Å². The van der Waals surface area contributed by atoms with E-state index in [2.05, 4.69) is 187 Å². The first kappa shape index (κ1) is 34.6. The number of hydrogen-bond acceptors (Lipinski definition) is 5. The Balaban J connectivity index is 0.945. The van der Waals surface area contributed by atoms with Crippen LogP contribution in [-0.4, -0.2) is 11.7 Å². The molecule has 62 heavy (non-hydrogen) atoms. The zero-order valence-electron chi connectivity index (χ0n) is 33.3. The molecular weight excluding hydrogens is 759 g/mol. The largest absolute Gasteiger partial charge is 0.456 e. The Morgan fingerprint density at radius 3 is 1.90 bits per heavy atom. The first-order valence-electron chi connectivity index (χ1n) is 21.0. The lowest BCUT2D eigenvalue weighted by Gasteiger charge is -2.24. The van der Waals surface area contributed by atoms with Crippen LogP contribution in [-0.2, 0) is 0 Å². The second kappa shape index (κ2) is 13.6. The maximum Gasteiger partial charge on any atom is 0.159 e. The summed E-state index contributed by atoms with van der Waals surface area (Å²) in [5.74, 6) is 1.44. The fourth-order valence-corrected chi connectivity index (χ4v) is 9.42. The minimum absolute atomic E-state index is 0.380. The van der Waals surface area contributed by atoms with Crippen molar-refractivity contribution in [2.24, 2.45) is 9.98 Å². The molecule has 1 aliphatic heterocycles. The quantitative estimate of drug-likeness (QED) is 0.189. The number of para-hydroxylation sites is 1. The van der Waals surface area contributed by atoms with Gasteiger partial charge in [0.15, 0.2) is 5.84 Å². The Labute approximate surface area is 355 Å². The summed E-state index contributed by atoms with van der Waals surface area (Å²) in [6.07, 6.45) is -0.380. The lowest BCUT2D eigenvalue weighted by atomic mass is 9.92. The molecule has 3 heterocycles. The van der Waals surface area contributed by atoms with E-state index in [0.717, 1.165) is 99.4 Å². The molecule has 1 N–H and O–H groups in total. The standard InChI is InChI=1S/C57H35N3O2/c1-2-12-38-30-41(25-20-34(38)10-1)56-58-55(59-57(60-56)42-26-29-51-48(32-42)46-17-7-8-19-50(46)61-51)37-23-21-36(22-24-37)44-27-28-47(45-18-9-15-35-11-5-6-16-43(35)45)54-53(44)49-31-39-13-3-4-14-40(39)33-52(49)62-54/h1-33,57H,(H,58,59,60). The van der Waals surface area contributed by atoms with Crippen LogP contribution >= 0.6 is 0 Å². The van der Waals surface area contributed by atoms with E-state index >= 15 is 0 Å². The number of fused-ring (bicyclic) bond motifs is 9. The molecule has 5 heteroatoms. The van der Waals surface area contributed by atoms with Gasteiger partial charge in [0.1, 0.15) is 34.3 Å². The normalized spacial score (nSPS) is 14.3. The lowest BCUT2D eigenvalue weighted by Crippen LogP contribution is -2.33. The van der Waals surface area contributed by atoms with Gasteiger partial charge in [0.05, 0.1) is 0 Å². The van der Waals surface area contributed by atoms with Crippen molar-refractivity contribution >= 4 is 87.9 Å². The Kier molecular flexibility index (Phi) is 7.60. The highest BCUT2D eigenvalue weighted by atomic mass is 16.3. The van der Waals surface area contributed by atoms with E-state index in [-0.39, 0.29) is 6.17 Å². The van der Waals surface area contributed by atoms with E-state index in [1.165, 1.54) is 21.5 Å². The van der Waals surface area contributed by atoms with E-state index in [1.54, 1.807) is 0 Å². The van der Waals surface area contributed by atoms with Crippen molar-refractivity contribution in [1.82, 2.24) is 5.32 Å². The lowest BCUT2D eigenvalue weighted by molar-refractivity contribution is 0.663. The molecule has 13 rings (SSSR count). The molecule has 0 fully saturated rings. The summed E-state index contributed by atoms with van der Waals surface area (Å²) in [5.41, 5.74) is 10.9. The van der Waals surface area contributed by atoms with Gasteiger partial charge in [-0.15, -0.1) is 0 Å². The van der Waals surface area contributed by atoms with Gasteiger partial charge in [0.2, 0.25) is 0 Å². The summed E-state index contributed by atoms with van der Waals surface area (Å²) in [6, 6.07) is 70.6. The smallest absolute Gasteiger partial charge is 0.159 e. The number of nitrogens with zero attached hydrogens (tertiary/aromatic N) is 2. The summed E-state index contributed by atoms with van der Waals surface area (Å²) in [6.45, 7) is 0. The predicted octanol–water partition coefficient (Wildman–Crippen LogP) is 14.8. The fourth-order valence-electron chi connectivity index (χ4n) is 9.42. The van der Waals surface area contributed by atoms with Gasteiger partial charge in [-0.25, -0.2) is 9.98 Å². The van der Waals surface area contributed by atoms with E-state index < -0.39 is 0 Å². The predicted molar refractivity (Wildman–Crippen MR) is 256 cm³/mol. The molecule has 0 aliphatic carbocycles. The maximum atomic E-state index is 6.91. The zero-order chi connectivity index (χ0) is 40.7. The highest BCUT2D eigenvalue weighted by Gasteiger charge is 2.24. The molecule has 10 aromatic carbocycles. The first-order chi connectivity index (χ1) is 30.7. The number of benzene rings is 10. The topological polar surface area (TPSA) is 63.0 Å². The number of furan rings is 2. The molecule has 0 amide bonds.